The van der Waals surface area contributed by atoms with Crippen LogP contribution in [0.2, 0.25) is 0 Å². The van der Waals surface area contributed by atoms with Gasteiger partial charge in [-0.15, -0.1) is 0 Å². The van der Waals surface area contributed by atoms with Gasteiger partial charge in [-0.1, -0.05) is 39.5 Å². The lowest BCUT2D eigenvalue weighted by Gasteiger charge is -2.28. The Bertz CT molecular complexity index is 660. The molecule has 0 atom stereocenters. The van der Waals surface area contributed by atoms with Gasteiger partial charge in [0.15, 0.2) is 0 Å². The topological polar surface area (TPSA) is 93.1 Å². The second-order valence-corrected chi connectivity index (χ2v) is 14.3. The Kier molecular flexibility index (Phi) is 18.7. The van der Waals surface area contributed by atoms with Crippen LogP contribution in [0.4, 0.5) is 0 Å². The van der Waals surface area contributed by atoms with Crippen molar-refractivity contribution in [2.24, 2.45) is 5.41 Å². The Balaban J connectivity index is 4.02. The molecule has 0 rings (SSSR count). The van der Waals surface area contributed by atoms with E-state index in [9.17, 15) is 14.7 Å². The van der Waals surface area contributed by atoms with Gasteiger partial charge in [0.2, 0.25) is 0 Å². The number of carbonyl (C=O) groups excluding carboxylic acids is 2. The molecule has 232 valence electrons. The monoisotopic (exact) mass is 556 g/mol. The molecule has 0 aliphatic heterocycles. The summed E-state index contributed by atoms with van der Waals surface area (Å²) in [4.78, 5) is 24.6. The van der Waals surface area contributed by atoms with Crippen LogP contribution in [0.25, 0.3) is 0 Å². The second-order valence-electron chi connectivity index (χ2n) is 14.3. The van der Waals surface area contributed by atoms with Gasteiger partial charge < -0.3 is 19.7 Å². The number of hydrogen-bond donors (Lipinski definition) is 2. The smallest absolute Gasteiger partial charge is 0.306 e. The zero-order chi connectivity index (χ0) is 30.0. The normalized spacial score (nSPS) is 13.1. The first kappa shape index (κ1) is 38.0. The summed E-state index contributed by atoms with van der Waals surface area (Å²) in [7, 11) is 0. The highest BCUT2D eigenvalue weighted by Crippen LogP contribution is 2.30. The van der Waals surface area contributed by atoms with Crippen molar-refractivity contribution in [1.82, 2.24) is 0 Å². The Morgan fingerprint density at radius 2 is 1.15 bits per heavy atom. The van der Waals surface area contributed by atoms with Gasteiger partial charge in [0.05, 0.1) is 11.2 Å². The van der Waals surface area contributed by atoms with Gasteiger partial charge in [-0.05, 0) is 111 Å². The number of ether oxygens (including phenoxy) is 2. The van der Waals surface area contributed by atoms with E-state index in [0.717, 1.165) is 96.5 Å². The first-order chi connectivity index (χ1) is 18.0. The summed E-state index contributed by atoms with van der Waals surface area (Å²) in [6.07, 6.45) is 14.6. The van der Waals surface area contributed by atoms with E-state index in [0.29, 0.717) is 25.0 Å². The van der Waals surface area contributed by atoms with Crippen LogP contribution >= 0.6 is 0 Å². The molecular weight excluding hydrogens is 492 g/mol. The zero-order valence-corrected chi connectivity index (χ0v) is 27.0. The third-order valence-electron chi connectivity index (χ3n) is 7.40. The fourth-order valence-electron chi connectivity index (χ4n) is 4.96. The Labute approximate surface area is 241 Å². The summed E-state index contributed by atoms with van der Waals surface area (Å²) >= 11 is 0. The van der Waals surface area contributed by atoms with Gasteiger partial charge in [0, 0.05) is 32.5 Å². The second kappa shape index (κ2) is 19.2. The number of unbranched alkanes of at least 4 members (excludes halogenated alkanes) is 6. The Morgan fingerprint density at radius 3 is 1.79 bits per heavy atom. The van der Waals surface area contributed by atoms with E-state index in [2.05, 4.69) is 27.7 Å². The van der Waals surface area contributed by atoms with Gasteiger partial charge >= 0.3 is 5.97 Å². The van der Waals surface area contributed by atoms with E-state index in [-0.39, 0.29) is 23.6 Å². The molecule has 0 aliphatic carbocycles. The molecule has 0 saturated heterocycles. The number of hydrogen-bond acceptors (Lipinski definition) is 6. The van der Waals surface area contributed by atoms with Gasteiger partial charge in [-0.2, -0.15) is 0 Å². The van der Waals surface area contributed by atoms with Gasteiger partial charge in [-0.3, -0.25) is 9.59 Å². The molecule has 6 nitrogen and oxygen atoms in total. The molecule has 0 unspecified atom stereocenters. The molecule has 0 bridgehead atoms. The molecule has 0 saturated carbocycles. The summed E-state index contributed by atoms with van der Waals surface area (Å²) < 4.78 is 11.7. The van der Waals surface area contributed by atoms with Crippen molar-refractivity contribution in [3.05, 3.63) is 0 Å². The molecule has 0 fully saturated rings. The lowest BCUT2D eigenvalue weighted by atomic mass is 9.81. The molecule has 0 aromatic heterocycles. The number of carbonyl (C=O) groups is 2. The van der Waals surface area contributed by atoms with Gasteiger partial charge in [0.1, 0.15) is 11.4 Å². The quantitative estimate of drug-likeness (QED) is 0.0872. The number of aliphatic hydroxyl groups excluding tert-OH is 1. The van der Waals surface area contributed by atoms with Crippen LogP contribution in [-0.2, 0) is 19.1 Å². The predicted octanol–water partition coefficient (Wildman–Crippen LogP) is 8.09. The number of ketones is 1. The van der Waals surface area contributed by atoms with Crippen LogP contribution in [0.5, 0.6) is 0 Å². The average Bonchev–Trinajstić information content (AvgIpc) is 2.77. The van der Waals surface area contributed by atoms with Crippen LogP contribution in [0.15, 0.2) is 0 Å². The van der Waals surface area contributed by atoms with Crippen LogP contribution in [0.3, 0.4) is 0 Å². The third-order valence-corrected chi connectivity index (χ3v) is 7.40. The van der Waals surface area contributed by atoms with Crippen molar-refractivity contribution >= 4 is 11.8 Å². The lowest BCUT2D eigenvalue weighted by Crippen LogP contribution is -2.28. The van der Waals surface area contributed by atoms with Crippen molar-refractivity contribution in [3.63, 3.8) is 0 Å². The number of aliphatic hydroxyl groups is 2. The molecule has 2 N–H and O–H groups in total. The molecule has 0 heterocycles. The van der Waals surface area contributed by atoms with E-state index in [4.69, 9.17) is 14.6 Å². The van der Waals surface area contributed by atoms with Crippen molar-refractivity contribution in [2.75, 3.05) is 13.2 Å². The minimum atomic E-state index is -0.597. The summed E-state index contributed by atoms with van der Waals surface area (Å²) in [6, 6.07) is 0. The Hall–Kier alpha value is -0.980. The van der Waals surface area contributed by atoms with E-state index < -0.39 is 11.2 Å². The van der Waals surface area contributed by atoms with E-state index in [1.54, 1.807) is 0 Å². The van der Waals surface area contributed by atoms with Gasteiger partial charge in [-0.25, -0.2) is 0 Å². The third kappa shape index (κ3) is 24.5. The van der Waals surface area contributed by atoms with Crippen LogP contribution < -0.4 is 0 Å². The van der Waals surface area contributed by atoms with Crippen molar-refractivity contribution < 1.29 is 29.3 Å². The molecule has 39 heavy (non-hydrogen) atoms. The van der Waals surface area contributed by atoms with Crippen molar-refractivity contribution in [2.45, 2.75) is 181 Å². The fraction of sp³-hybridized carbons (Fsp3) is 0.939. The highest BCUT2D eigenvalue weighted by molar-refractivity contribution is 5.78. The first-order valence-corrected chi connectivity index (χ1v) is 15.7. The average molecular weight is 557 g/mol. The van der Waals surface area contributed by atoms with E-state index >= 15 is 0 Å². The molecule has 0 spiro atoms. The van der Waals surface area contributed by atoms with Crippen LogP contribution in [-0.4, -0.2) is 52.0 Å². The maximum atomic E-state index is 12.6. The summed E-state index contributed by atoms with van der Waals surface area (Å²) in [5, 5.41) is 18.6. The minimum Gasteiger partial charge on any atom is -0.460 e. The molecular formula is C33H64O6. The zero-order valence-electron chi connectivity index (χ0n) is 27.0. The summed E-state index contributed by atoms with van der Waals surface area (Å²) in [5.74, 6) is 0.188. The van der Waals surface area contributed by atoms with Crippen molar-refractivity contribution in [1.29, 1.82) is 0 Å². The summed E-state index contributed by atoms with van der Waals surface area (Å²) in [6.45, 7) is 17.2. The van der Waals surface area contributed by atoms with Gasteiger partial charge in [0.25, 0.3) is 0 Å². The molecule has 0 aromatic carbocycles. The van der Waals surface area contributed by atoms with Crippen molar-refractivity contribution in [3.8, 4) is 0 Å². The molecule has 6 heteroatoms. The predicted molar refractivity (Wildman–Crippen MR) is 161 cm³/mol. The maximum Gasteiger partial charge on any atom is 0.306 e. The highest BCUT2D eigenvalue weighted by atomic mass is 16.6. The van der Waals surface area contributed by atoms with E-state index in [1.165, 1.54) is 0 Å². The minimum absolute atomic E-state index is 0.0204. The standard InChI is InChI=1S/C33H64O6/c1-30(2,21-14-15-23-32(5,6)38-26-18-16-22-31(3,4)37)27-28(35)19-11-9-13-24-33(7,8)39-29(36)20-12-10-17-25-34/h34,37H,9-27H2,1-8H3. The number of rotatable bonds is 25. The number of Topliss-reactive ketones (excluding diaryl/α,β-unsaturated/α-hetero) is 1. The largest absolute Gasteiger partial charge is 0.460 e. The first-order valence-electron chi connectivity index (χ1n) is 15.7. The molecule has 0 aliphatic rings. The Morgan fingerprint density at radius 1 is 0.615 bits per heavy atom. The lowest BCUT2D eigenvalue weighted by molar-refractivity contribution is -0.157. The molecule has 0 aromatic rings. The fourth-order valence-corrected chi connectivity index (χ4v) is 4.96. The highest BCUT2D eigenvalue weighted by Gasteiger charge is 2.24. The molecule has 0 amide bonds. The van der Waals surface area contributed by atoms with Crippen LogP contribution in [0, 0.1) is 5.41 Å². The maximum absolute atomic E-state index is 12.6. The van der Waals surface area contributed by atoms with E-state index in [1.807, 2.05) is 27.7 Å². The molecule has 0 radical (unpaired) electrons. The SMILES string of the molecule is CC(C)(O)CCCCOC(C)(C)CCCCC(C)(C)CC(=O)CCCCCC(C)(C)OC(=O)CCCCCO. The summed E-state index contributed by atoms with van der Waals surface area (Å²) in [5.41, 5.74) is -1.19. The number of esters is 1. The van der Waals surface area contributed by atoms with Crippen LogP contribution in [0.1, 0.15) is 165 Å².